The van der Waals surface area contributed by atoms with Gasteiger partial charge in [0.15, 0.2) is 5.65 Å². The number of fused-ring (bicyclic) bond motifs is 3. The van der Waals surface area contributed by atoms with Crippen molar-refractivity contribution in [2.24, 2.45) is 0 Å². The molecule has 0 aliphatic heterocycles. The monoisotopic (exact) mass is 385 g/mol. The molecule has 0 spiro atoms. The summed E-state index contributed by atoms with van der Waals surface area (Å²) >= 11 is 1.47. The number of aromatic nitrogens is 7. The molecule has 4 aromatic heterocycles. The number of ether oxygens (including phenoxy) is 1. The predicted molar refractivity (Wildman–Crippen MR) is 98.5 cm³/mol. The Labute approximate surface area is 156 Å². The van der Waals surface area contributed by atoms with E-state index < -0.39 is 5.97 Å². The van der Waals surface area contributed by atoms with Crippen LogP contribution in [-0.4, -0.2) is 53.2 Å². The van der Waals surface area contributed by atoms with Gasteiger partial charge >= 0.3 is 5.97 Å². The van der Waals surface area contributed by atoms with Crippen LogP contribution in [0.2, 0.25) is 0 Å². The maximum atomic E-state index is 12.9. The van der Waals surface area contributed by atoms with Crippen LogP contribution >= 0.6 is 11.8 Å². The zero-order valence-corrected chi connectivity index (χ0v) is 15.6. The molecule has 4 heterocycles. The third-order valence-corrected chi connectivity index (χ3v) is 4.76. The van der Waals surface area contributed by atoms with Crippen molar-refractivity contribution in [3.63, 3.8) is 0 Å². The summed E-state index contributed by atoms with van der Waals surface area (Å²) in [5.74, 6) is 0.627. The van der Waals surface area contributed by atoms with Gasteiger partial charge in [0.05, 0.1) is 23.7 Å². The Morgan fingerprint density at radius 1 is 1.41 bits per heavy atom. The van der Waals surface area contributed by atoms with Crippen molar-refractivity contribution in [1.29, 1.82) is 0 Å². The van der Waals surface area contributed by atoms with E-state index in [1.54, 1.807) is 19.2 Å². The Hall–Kier alpha value is -3.21. The van der Waals surface area contributed by atoms with Crippen molar-refractivity contribution < 1.29 is 9.53 Å². The second-order valence-corrected chi connectivity index (χ2v) is 6.84. The lowest BCUT2D eigenvalue weighted by atomic mass is 10.2. The third-order valence-electron chi connectivity index (χ3n) is 4.03. The third kappa shape index (κ3) is 2.67. The molecule has 0 bridgehead atoms. The van der Waals surface area contributed by atoms with Crippen molar-refractivity contribution in [1.82, 2.24) is 34.3 Å². The molecule has 0 atom stereocenters. The number of esters is 1. The second kappa shape index (κ2) is 6.50. The maximum Gasteiger partial charge on any atom is 0.343 e. The van der Waals surface area contributed by atoms with Crippen molar-refractivity contribution in [3.05, 3.63) is 40.1 Å². The normalized spacial score (nSPS) is 11.4. The van der Waals surface area contributed by atoms with E-state index in [1.807, 2.05) is 6.92 Å². The number of nitrogens with one attached hydrogen (secondary N) is 1. The fraction of sp³-hybridized carbons (Fsp3) is 0.250. The maximum absolute atomic E-state index is 12.9. The largest absolute Gasteiger partial charge is 0.465 e. The number of pyridine rings is 1. The van der Waals surface area contributed by atoms with Crippen LogP contribution in [0.3, 0.4) is 0 Å². The Kier molecular flexibility index (Phi) is 4.15. The van der Waals surface area contributed by atoms with Gasteiger partial charge < -0.3 is 4.74 Å². The predicted octanol–water partition coefficient (Wildman–Crippen LogP) is 1.36. The summed E-state index contributed by atoms with van der Waals surface area (Å²) < 4.78 is 7.63. The molecule has 0 aliphatic carbocycles. The minimum Gasteiger partial charge on any atom is -0.465 e. The van der Waals surface area contributed by atoms with E-state index in [9.17, 15) is 9.59 Å². The number of carbonyl (C=O) groups is 1. The van der Waals surface area contributed by atoms with Gasteiger partial charge in [0, 0.05) is 12.4 Å². The Morgan fingerprint density at radius 3 is 2.96 bits per heavy atom. The molecule has 27 heavy (non-hydrogen) atoms. The summed E-state index contributed by atoms with van der Waals surface area (Å²) in [5, 5.41) is 12.1. The molecule has 10 nitrogen and oxygen atoms in total. The molecular weight excluding hydrogens is 370 g/mol. The number of aromatic amines is 1. The van der Waals surface area contributed by atoms with Gasteiger partial charge in [-0.15, -0.1) is 5.10 Å². The van der Waals surface area contributed by atoms with Crippen LogP contribution in [0.4, 0.5) is 0 Å². The Bertz CT molecular complexity index is 1240. The lowest BCUT2D eigenvalue weighted by Crippen LogP contribution is -2.20. The average molecular weight is 385 g/mol. The molecule has 0 unspecified atom stereocenters. The van der Waals surface area contributed by atoms with Gasteiger partial charge in [0.25, 0.3) is 5.56 Å². The first-order valence-corrected chi connectivity index (χ1v) is 9.07. The highest BCUT2D eigenvalue weighted by Gasteiger charge is 2.21. The zero-order chi connectivity index (χ0) is 19.1. The van der Waals surface area contributed by atoms with Gasteiger partial charge in [-0.2, -0.15) is 10.1 Å². The molecule has 1 N–H and O–H groups in total. The quantitative estimate of drug-likeness (QED) is 0.413. The fourth-order valence-electron chi connectivity index (χ4n) is 2.82. The van der Waals surface area contributed by atoms with Crippen LogP contribution < -0.4 is 5.56 Å². The molecule has 0 saturated heterocycles. The summed E-state index contributed by atoms with van der Waals surface area (Å²) in [4.78, 5) is 33.5. The molecule has 0 fully saturated rings. The standard InChI is InChI=1S/C16H15N7O3S/c1-4-27-16-18-15(19-20-16)22-6-5-10-9(13(22)24)7-17-12-11(14(25)26-3)8(2)21-23(10)12/h5-7H,4H2,1-3H3,(H,18,19,20). The highest BCUT2D eigenvalue weighted by atomic mass is 32.2. The Morgan fingerprint density at radius 2 is 2.22 bits per heavy atom. The second-order valence-electron chi connectivity index (χ2n) is 5.61. The molecule has 0 aliphatic rings. The summed E-state index contributed by atoms with van der Waals surface area (Å²) in [6.45, 7) is 3.68. The van der Waals surface area contributed by atoms with E-state index in [4.69, 9.17) is 4.74 Å². The Balaban J connectivity index is 1.92. The number of H-pyrrole nitrogens is 1. The highest BCUT2D eigenvalue weighted by Crippen LogP contribution is 2.19. The lowest BCUT2D eigenvalue weighted by molar-refractivity contribution is 0.0602. The minimum atomic E-state index is -0.523. The molecular formula is C16H15N7O3S. The van der Waals surface area contributed by atoms with Gasteiger partial charge in [-0.1, -0.05) is 18.7 Å². The summed E-state index contributed by atoms with van der Waals surface area (Å²) in [7, 11) is 1.30. The first kappa shape index (κ1) is 17.2. The van der Waals surface area contributed by atoms with Crippen molar-refractivity contribution in [2.75, 3.05) is 12.9 Å². The smallest absolute Gasteiger partial charge is 0.343 e. The van der Waals surface area contributed by atoms with Gasteiger partial charge in [-0.05, 0) is 18.7 Å². The summed E-state index contributed by atoms with van der Waals surface area (Å²) in [5.41, 5.74) is 1.30. The molecule has 0 aromatic carbocycles. The minimum absolute atomic E-state index is 0.278. The van der Waals surface area contributed by atoms with E-state index in [-0.39, 0.29) is 11.1 Å². The van der Waals surface area contributed by atoms with Gasteiger partial charge in [0.2, 0.25) is 11.1 Å². The van der Waals surface area contributed by atoms with E-state index in [2.05, 4.69) is 25.3 Å². The fourth-order valence-corrected chi connectivity index (χ4v) is 3.34. The molecule has 0 amide bonds. The van der Waals surface area contributed by atoms with E-state index in [0.717, 1.165) is 5.75 Å². The average Bonchev–Trinajstić information content (AvgIpc) is 3.25. The van der Waals surface area contributed by atoms with Crippen LogP contribution in [0.25, 0.3) is 22.5 Å². The number of hydrogen-bond donors (Lipinski definition) is 1. The number of methoxy groups -OCH3 is 1. The van der Waals surface area contributed by atoms with Crippen LogP contribution in [0, 0.1) is 6.92 Å². The van der Waals surface area contributed by atoms with Crippen LogP contribution in [0.15, 0.2) is 28.4 Å². The van der Waals surface area contributed by atoms with Crippen LogP contribution in [-0.2, 0) is 4.74 Å². The first-order valence-electron chi connectivity index (χ1n) is 8.08. The van der Waals surface area contributed by atoms with Crippen molar-refractivity contribution >= 4 is 34.3 Å². The molecule has 0 saturated carbocycles. The number of thioether (sulfide) groups is 1. The molecule has 11 heteroatoms. The number of hydrogen-bond acceptors (Lipinski definition) is 8. The van der Waals surface area contributed by atoms with E-state index in [1.165, 1.54) is 34.2 Å². The lowest BCUT2D eigenvalue weighted by Gasteiger charge is -2.05. The highest BCUT2D eigenvalue weighted by molar-refractivity contribution is 7.99. The van der Waals surface area contributed by atoms with Crippen molar-refractivity contribution in [2.45, 2.75) is 19.0 Å². The molecule has 0 radical (unpaired) electrons. The van der Waals surface area contributed by atoms with E-state index in [0.29, 0.717) is 33.3 Å². The summed E-state index contributed by atoms with van der Waals surface area (Å²) in [6, 6.07) is 1.72. The van der Waals surface area contributed by atoms with Gasteiger partial charge in [-0.25, -0.2) is 19.4 Å². The molecule has 4 aromatic rings. The molecule has 4 rings (SSSR count). The number of rotatable bonds is 4. The number of carbonyl (C=O) groups excluding carboxylic acids is 1. The van der Waals surface area contributed by atoms with Gasteiger partial charge in [-0.3, -0.25) is 9.36 Å². The molecule has 138 valence electrons. The topological polar surface area (TPSA) is 120 Å². The van der Waals surface area contributed by atoms with Crippen molar-refractivity contribution in [3.8, 4) is 5.95 Å². The summed E-state index contributed by atoms with van der Waals surface area (Å²) in [6.07, 6.45) is 3.01. The SMILES string of the molecule is CCSc1n[nH]c(-n2ccc3c(cnc4c(C(=O)OC)c(C)nn43)c2=O)n1. The van der Waals surface area contributed by atoms with Crippen LogP contribution in [0.1, 0.15) is 23.0 Å². The van der Waals surface area contributed by atoms with Crippen LogP contribution in [0.5, 0.6) is 0 Å². The van der Waals surface area contributed by atoms with E-state index >= 15 is 0 Å². The number of nitrogens with zero attached hydrogens (tertiary/aromatic N) is 6. The zero-order valence-electron chi connectivity index (χ0n) is 14.8. The van der Waals surface area contributed by atoms with Gasteiger partial charge in [0.1, 0.15) is 5.56 Å². The first-order chi connectivity index (χ1) is 13.0. The number of aryl methyl sites for hydroxylation is 1.